The van der Waals surface area contributed by atoms with Crippen LogP contribution in [-0.4, -0.2) is 16.3 Å². The first-order chi connectivity index (χ1) is 13.9. The fourth-order valence-corrected chi connectivity index (χ4v) is 3.99. The van der Waals surface area contributed by atoms with Gasteiger partial charge in [0.05, 0.1) is 22.2 Å². The molecule has 0 atom stereocenters. The summed E-state index contributed by atoms with van der Waals surface area (Å²) in [6.07, 6.45) is 4.39. The number of phenols is 1. The van der Waals surface area contributed by atoms with Crippen molar-refractivity contribution in [3.05, 3.63) is 80.4 Å². The lowest BCUT2D eigenvalue weighted by atomic mass is 10.1. The summed E-state index contributed by atoms with van der Waals surface area (Å²) in [6.45, 7) is 12.4. The number of hydrogen-bond donors (Lipinski definition) is 1. The summed E-state index contributed by atoms with van der Waals surface area (Å²) < 4.78 is 8.61. The number of benzene rings is 2. The van der Waals surface area contributed by atoms with Gasteiger partial charge < -0.3 is 14.4 Å². The Bertz CT molecular complexity index is 1200. The Morgan fingerprint density at radius 2 is 1.97 bits per heavy atom. The van der Waals surface area contributed by atoms with E-state index < -0.39 is 0 Å². The van der Waals surface area contributed by atoms with Crippen molar-refractivity contribution < 1.29 is 9.84 Å². The standard InChI is InChI=1S/C24H26N2O2S/c1-6-8-19-13-18(14-21(23(19)27)28-7-2)15-22-17(4)26(5)24(29-22)25-20-11-9-16(3)10-12-20/h6,9-15,27H,1,4,7-8H2,2-3,5H3. The molecule has 0 unspecified atom stereocenters. The molecule has 0 saturated heterocycles. The average molecular weight is 407 g/mol. The molecule has 0 bridgehead atoms. The minimum Gasteiger partial charge on any atom is -0.504 e. The van der Waals surface area contributed by atoms with E-state index >= 15 is 0 Å². The van der Waals surface area contributed by atoms with Gasteiger partial charge in [-0.3, -0.25) is 0 Å². The topological polar surface area (TPSA) is 46.8 Å². The van der Waals surface area contributed by atoms with Gasteiger partial charge in [-0.25, -0.2) is 4.99 Å². The monoisotopic (exact) mass is 406 g/mol. The van der Waals surface area contributed by atoms with Gasteiger partial charge in [-0.2, -0.15) is 0 Å². The van der Waals surface area contributed by atoms with Crippen LogP contribution in [0.5, 0.6) is 11.5 Å². The quantitative estimate of drug-likeness (QED) is 0.635. The molecule has 1 aromatic heterocycles. The van der Waals surface area contributed by atoms with E-state index in [1.807, 2.05) is 42.8 Å². The molecule has 4 nitrogen and oxygen atoms in total. The van der Waals surface area contributed by atoms with Crippen LogP contribution >= 0.6 is 11.3 Å². The second-order valence-corrected chi connectivity index (χ2v) is 7.81. The Morgan fingerprint density at radius 1 is 1.24 bits per heavy atom. The minimum absolute atomic E-state index is 0.172. The smallest absolute Gasteiger partial charge is 0.190 e. The molecule has 3 rings (SSSR count). The molecule has 5 heteroatoms. The van der Waals surface area contributed by atoms with Crippen molar-refractivity contribution in [2.45, 2.75) is 20.3 Å². The van der Waals surface area contributed by atoms with Crippen LogP contribution in [0, 0.1) is 6.92 Å². The summed E-state index contributed by atoms with van der Waals surface area (Å²) in [7, 11) is 1.97. The van der Waals surface area contributed by atoms with Crippen LogP contribution in [0.2, 0.25) is 0 Å². The predicted molar refractivity (Wildman–Crippen MR) is 121 cm³/mol. The van der Waals surface area contributed by atoms with Gasteiger partial charge >= 0.3 is 0 Å². The lowest BCUT2D eigenvalue weighted by Gasteiger charge is -2.11. The first-order valence-electron chi connectivity index (χ1n) is 9.50. The third-order valence-corrected chi connectivity index (χ3v) is 5.70. The van der Waals surface area contributed by atoms with Crippen molar-refractivity contribution in [1.82, 2.24) is 4.57 Å². The van der Waals surface area contributed by atoms with E-state index in [2.05, 4.69) is 38.3 Å². The Balaban J connectivity index is 2.13. The maximum atomic E-state index is 10.4. The van der Waals surface area contributed by atoms with Gasteiger partial charge in [-0.15, -0.1) is 6.58 Å². The lowest BCUT2D eigenvalue weighted by Crippen LogP contribution is -2.28. The molecule has 0 amide bonds. The van der Waals surface area contributed by atoms with E-state index in [1.165, 1.54) is 5.56 Å². The molecule has 2 aromatic carbocycles. The minimum atomic E-state index is 0.172. The SMILES string of the molecule is C=CCc1cc(C=c2sc(=Nc3ccc(C)cc3)n(C)c2=C)cc(OCC)c1O. The average Bonchev–Trinajstić information content (AvgIpc) is 2.95. The number of aromatic nitrogens is 1. The number of phenolic OH excluding ortho intramolecular Hbond substituents is 1. The third-order valence-electron chi connectivity index (χ3n) is 4.57. The van der Waals surface area contributed by atoms with E-state index in [4.69, 9.17) is 9.73 Å². The predicted octanol–water partition coefficient (Wildman–Crippen LogP) is 3.70. The molecular weight excluding hydrogens is 380 g/mol. The number of rotatable bonds is 6. The van der Waals surface area contributed by atoms with Crippen LogP contribution in [0.1, 0.15) is 23.6 Å². The zero-order valence-electron chi connectivity index (χ0n) is 17.1. The second kappa shape index (κ2) is 8.97. The summed E-state index contributed by atoms with van der Waals surface area (Å²) in [6, 6.07) is 11.9. The Kier molecular flexibility index (Phi) is 6.39. The van der Waals surface area contributed by atoms with Crippen LogP contribution in [0.4, 0.5) is 5.69 Å². The van der Waals surface area contributed by atoms with Gasteiger partial charge in [-0.05, 0) is 56.2 Å². The van der Waals surface area contributed by atoms with Crippen LogP contribution in [0.25, 0.3) is 12.7 Å². The van der Waals surface area contributed by atoms with Gasteiger partial charge in [0, 0.05) is 12.6 Å². The maximum Gasteiger partial charge on any atom is 0.190 e. The fourth-order valence-electron chi connectivity index (χ4n) is 2.95. The summed E-state index contributed by atoms with van der Waals surface area (Å²) in [5, 5.41) is 11.3. The third kappa shape index (κ3) is 4.69. The molecule has 3 aromatic rings. The van der Waals surface area contributed by atoms with Crippen LogP contribution in [0.15, 0.2) is 54.0 Å². The Morgan fingerprint density at radius 3 is 2.62 bits per heavy atom. The van der Waals surface area contributed by atoms with Crippen molar-refractivity contribution in [2.75, 3.05) is 6.61 Å². The molecule has 0 saturated carbocycles. The van der Waals surface area contributed by atoms with Crippen molar-refractivity contribution >= 4 is 29.7 Å². The van der Waals surface area contributed by atoms with E-state index in [9.17, 15) is 5.11 Å². The number of aryl methyl sites for hydroxylation is 1. The normalized spacial score (nSPS) is 12.4. The largest absolute Gasteiger partial charge is 0.504 e. The Labute approximate surface area is 175 Å². The molecule has 0 spiro atoms. The highest BCUT2D eigenvalue weighted by molar-refractivity contribution is 7.07. The van der Waals surface area contributed by atoms with Crippen molar-refractivity contribution in [1.29, 1.82) is 0 Å². The first-order valence-corrected chi connectivity index (χ1v) is 10.3. The first kappa shape index (κ1) is 20.7. The maximum absolute atomic E-state index is 10.4. The van der Waals surface area contributed by atoms with E-state index in [-0.39, 0.29) is 5.75 Å². The highest BCUT2D eigenvalue weighted by Gasteiger charge is 2.10. The van der Waals surface area contributed by atoms with Crippen LogP contribution in [-0.2, 0) is 13.5 Å². The molecule has 0 radical (unpaired) electrons. The molecule has 0 aliphatic carbocycles. The number of aromatic hydroxyl groups is 1. The fraction of sp³-hybridized carbons (Fsp3) is 0.208. The number of hydrogen-bond acceptors (Lipinski definition) is 4. The molecule has 0 aliphatic rings. The zero-order chi connectivity index (χ0) is 21.0. The molecular formula is C24H26N2O2S. The van der Waals surface area contributed by atoms with E-state index in [0.29, 0.717) is 18.8 Å². The summed E-state index contributed by atoms with van der Waals surface area (Å²) in [4.78, 5) is 5.63. The van der Waals surface area contributed by atoms with Gasteiger partial charge in [0.25, 0.3) is 0 Å². The molecule has 0 fully saturated rings. The van der Waals surface area contributed by atoms with Crippen LogP contribution < -0.4 is 19.4 Å². The summed E-state index contributed by atoms with van der Waals surface area (Å²) in [5.74, 6) is 0.653. The van der Waals surface area contributed by atoms with E-state index in [1.54, 1.807) is 17.4 Å². The van der Waals surface area contributed by atoms with Gasteiger partial charge in [-0.1, -0.05) is 41.7 Å². The molecule has 1 heterocycles. The summed E-state index contributed by atoms with van der Waals surface area (Å²) in [5.41, 5.74) is 3.85. The molecule has 29 heavy (non-hydrogen) atoms. The van der Waals surface area contributed by atoms with Gasteiger partial charge in [0.15, 0.2) is 16.3 Å². The summed E-state index contributed by atoms with van der Waals surface area (Å²) >= 11 is 1.58. The lowest BCUT2D eigenvalue weighted by molar-refractivity contribution is 0.317. The number of ether oxygens (including phenoxy) is 1. The Hall–Kier alpha value is -3.05. The highest BCUT2D eigenvalue weighted by Crippen LogP contribution is 2.32. The molecule has 150 valence electrons. The zero-order valence-corrected chi connectivity index (χ0v) is 17.9. The van der Waals surface area contributed by atoms with Crippen molar-refractivity contribution in [3.8, 4) is 11.5 Å². The highest BCUT2D eigenvalue weighted by atomic mass is 32.1. The van der Waals surface area contributed by atoms with Crippen molar-refractivity contribution in [3.63, 3.8) is 0 Å². The second-order valence-electron chi connectivity index (χ2n) is 6.80. The molecule has 0 aliphatic heterocycles. The van der Waals surface area contributed by atoms with Gasteiger partial charge in [0.2, 0.25) is 0 Å². The van der Waals surface area contributed by atoms with E-state index in [0.717, 1.165) is 31.5 Å². The number of thiazole rings is 1. The van der Waals surface area contributed by atoms with Crippen LogP contribution in [0.3, 0.4) is 0 Å². The number of nitrogens with zero attached hydrogens (tertiary/aromatic N) is 2. The van der Waals surface area contributed by atoms with Crippen molar-refractivity contribution in [2.24, 2.45) is 12.0 Å². The molecule has 1 N–H and O–H groups in total. The number of allylic oxidation sites excluding steroid dienone is 1. The van der Waals surface area contributed by atoms with Gasteiger partial charge in [0.1, 0.15) is 0 Å².